The highest BCUT2D eigenvalue weighted by Crippen LogP contribution is 2.21. The molecule has 96 valence electrons. The van der Waals surface area contributed by atoms with Gasteiger partial charge in [0.2, 0.25) is 0 Å². The summed E-state index contributed by atoms with van der Waals surface area (Å²) in [5.74, 6) is -0.231. The lowest BCUT2D eigenvalue weighted by Crippen LogP contribution is -2.35. The molecule has 1 aromatic carbocycles. The predicted molar refractivity (Wildman–Crippen MR) is 73.1 cm³/mol. The van der Waals surface area contributed by atoms with Gasteiger partial charge in [-0.15, -0.1) is 0 Å². The number of ether oxygens (including phenoxy) is 1. The highest BCUT2D eigenvalue weighted by atomic mass is 79.9. The zero-order valence-corrected chi connectivity index (χ0v) is 12.1. The van der Waals surface area contributed by atoms with Crippen LogP contribution in [0.15, 0.2) is 22.7 Å². The Morgan fingerprint density at radius 2 is 2.11 bits per heavy atom. The van der Waals surface area contributed by atoms with Gasteiger partial charge in [-0.25, -0.2) is 4.79 Å². The molecular formula is C13H15BrN2O2. The van der Waals surface area contributed by atoms with Crippen molar-refractivity contribution in [2.45, 2.75) is 19.9 Å². The molecule has 0 radical (unpaired) electrons. The maximum Gasteiger partial charge on any atom is 0.328 e. The summed E-state index contributed by atoms with van der Waals surface area (Å²) >= 11 is 3.33. The van der Waals surface area contributed by atoms with Gasteiger partial charge in [-0.1, -0.05) is 29.8 Å². The van der Waals surface area contributed by atoms with Crippen molar-refractivity contribution in [2.24, 2.45) is 5.92 Å². The SMILES string of the molecule is COC(=O)C(Nc1cc(Br)cc(C#N)c1)C(C)C. The minimum absolute atomic E-state index is 0.0852. The Kier molecular flexibility index (Phi) is 5.17. The molecule has 0 heterocycles. The number of methoxy groups -OCH3 is 1. The number of halogens is 1. The van der Waals surface area contributed by atoms with Crippen LogP contribution in [0.2, 0.25) is 0 Å². The van der Waals surface area contributed by atoms with Gasteiger partial charge in [-0.3, -0.25) is 0 Å². The van der Waals surface area contributed by atoms with Gasteiger partial charge in [0.25, 0.3) is 0 Å². The van der Waals surface area contributed by atoms with E-state index in [-0.39, 0.29) is 11.9 Å². The first-order valence-corrected chi connectivity index (χ1v) is 6.32. The first-order chi connectivity index (χ1) is 8.47. The van der Waals surface area contributed by atoms with E-state index in [1.807, 2.05) is 19.9 Å². The van der Waals surface area contributed by atoms with Crippen LogP contribution >= 0.6 is 15.9 Å². The maximum atomic E-state index is 11.6. The summed E-state index contributed by atoms with van der Waals surface area (Å²) < 4.78 is 5.54. The average Bonchev–Trinajstić information content (AvgIpc) is 2.34. The van der Waals surface area contributed by atoms with Crippen molar-refractivity contribution < 1.29 is 9.53 Å². The number of benzene rings is 1. The van der Waals surface area contributed by atoms with Crippen LogP contribution in [0.5, 0.6) is 0 Å². The van der Waals surface area contributed by atoms with Crippen LogP contribution < -0.4 is 5.32 Å². The second kappa shape index (κ2) is 6.41. The monoisotopic (exact) mass is 310 g/mol. The number of esters is 1. The van der Waals surface area contributed by atoms with Gasteiger partial charge in [0, 0.05) is 10.2 Å². The largest absolute Gasteiger partial charge is 0.467 e. The fourth-order valence-electron chi connectivity index (χ4n) is 1.54. The van der Waals surface area contributed by atoms with E-state index in [9.17, 15) is 4.79 Å². The van der Waals surface area contributed by atoms with Crippen molar-refractivity contribution in [3.63, 3.8) is 0 Å². The Balaban J connectivity index is 2.98. The molecule has 0 bridgehead atoms. The number of nitrogens with zero attached hydrogens (tertiary/aromatic N) is 1. The first kappa shape index (κ1) is 14.5. The molecular weight excluding hydrogens is 296 g/mol. The quantitative estimate of drug-likeness (QED) is 0.869. The average molecular weight is 311 g/mol. The van der Waals surface area contributed by atoms with Crippen LogP contribution in [0.1, 0.15) is 19.4 Å². The maximum absolute atomic E-state index is 11.6. The smallest absolute Gasteiger partial charge is 0.328 e. The molecule has 5 heteroatoms. The van der Waals surface area contributed by atoms with Crippen molar-refractivity contribution in [3.8, 4) is 6.07 Å². The van der Waals surface area contributed by atoms with Gasteiger partial charge in [-0.2, -0.15) is 5.26 Å². The molecule has 1 rings (SSSR count). The Labute approximate surface area is 115 Å². The van der Waals surface area contributed by atoms with Gasteiger partial charge < -0.3 is 10.1 Å². The fourth-order valence-corrected chi connectivity index (χ4v) is 2.04. The second-order valence-corrected chi connectivity index (χ2v) is 5.15. The predicted octanol–water partition coefficient (Wildman–Crippen LogP) is 2.93. The lowest BCUT2D eigenvalue weighted by molar-refractivity contribution is -0.142. The molecule has 1 unspecified atom stereocenters. The molecule has 0 amide bonds. The zero-order chi connectivity index (χ0) is 13.7. The molecule has 0 spiro atoms. The van der Waals surface area contributed by atoms with Crippen LogP contribution in [0.4, 0.5) is 5.69 Å². The number of hydrogen-bond donors (Lipinski definition) is 1. The minimum atomic E-state index is -0.434. The van der Waals surface area contributed by atoms with Crippen LogP contribution in [-0.4, -0.2) is 19.1 Å². The zero-order valence-electron chi connectivity index (χ0n) is 10.5. The molecule has 0 aromatic heterocycles. The Morgan fingerprint density at radius 3 is 2.61 bits per heavy atom. The highest BCUT2D eigenvalue weighted by molar-refractivity contribution is 9.10. The van der Waals surface area contributed by atoms with Crippen molar-refractivity contribution >= 4 is 27.6 Å². The Morgan fingerprint density at radius 1 is 1.44 bits per heavy atom. The minimum Gasteiger partial charge on any atom is -0.467 e. The van der Waals surface area contributed by atoms with Gasteiger partial charge in [0.05, 0.1) is 18.7 Å². The van der Waals surface area contributed by atoms with E-state index in [0.29, 0.717) is 11.3 Å². The normalized spacial score (nSPS) is 11.8. The molecule has 18 heavy (non-hydrogen) atoms. The van der Waals surface area contributed by atoms with Gasteiger partial charge in [0.15, 0.2) is 0 Å². The summed E-state index contributed by atoms with van der Waals surface area (Å²) in [6.45, 7) is 3.86. The van der Waals surface area contributed by atoms with Crippen LogP contribution in [0.3, 0.4) is 0 Å². The van der Waals surface area contributed by atoms with Gasteiger partial charge >= 0.3 is 5.97 Å². The summed E-state index contributed by atoms with van der Waals surface area (Å²) in [5, 5.41) is 12.0. The number of anilines is 1. The third kappa shape index (κ3) is 3.74. The molecule has 0 saturated heterocycles. The molecule has 1 N–H and O–H groups in total. The Hall–Kier alpha value is -1.54. The van der Waals surface area contributed by atoms with E-state index in [0.717, 1.165) is 4.47 Å². The van der Waals surface area contributed by atoms with Crippen LogP contribution in [-0.2, 0) is 9.53 Å². The molecule has 0 saturated carbocycles. The highest BCUT2D eigenvalue weighted by Gasteiger charge is 2.22. The van der Waals surface area contributed by atoms with Gasteiger partial charge in [-0.05, 0) is 24.1 Å². The van der Waals surface area contributed by atoms with E-state index >= 15 is 0 Å². The summed E-state index contributed by atoms with van der Waals surface area (Å²) in [6.07, 6.45) is 0. The summed E-state index contributed by atoms with van der Waals surface area (Å²) in [5.41, 5.74) is 1.24. The van der Waals surface area contributed by atoms with E-state index in [4.69, 9.17) is 10.00 Å². The molecule has 0 fully saturated rings. The number of carbonyl (C=O) groups is 1. The molecule has 4 nitrogen and oxygen atoms in total. The number of hydrogen-bond acceptors (Lipinski definition) is 4. The van der Waals surface area contributed by atoms with Crippen molar-refractivity contribution in [2.75, 3.05) is 12.4 Å². The third-order valence-corrected chi connectivity index (χ3v) is 2.93. The van der Waals surface area contributed by atoms with E-state index in [1.54, 1.807) is 12.1 Å². The lowest BCUT2D eigenvalue weighted by atomic mass is 10.0. The number of rotatable bonds is 4. The summed E-state index contributed by atoms with van der Waals surface area (Å²) in [7, 11) is 1.36. The third-order valence-electron chi connectivity index (χ3n) is 2.47. The summed E-state index contributed by atoms with van der Waals surface area (Å²) in [4.78, 5) is 11.6. The fraction of sp³-hybridized carbons (Fsp3) is 0.385. The van der Waals surface area contributed by atoms with E-state index in [2.05, 4.69) is 27.3 Å². The number of nitriles is 1. The molecule has 0 aliphatic rings. The van der Waals surface area contributed by atoms with Crippen LogP contribution in [0, 0.1) is 17.2 Å². The number of nitrogens with one attached hydrogen (secondary N) is 1. The number of carbonyl (C=O) groups excluding carboxylic acids is 1. The Bertz CT molecular complexity index is 480. The van der Waals surface area contributed by atoms with E-state index < -0.39 is 6.04 Å². The lowest BCUT2D eigenvalue weighted by Gasteiger charge is -2.21. The summed E-state index contributed by atoms with van der Waals surface area (Å²) in [6, 6.07) is 6.87. The van der Waals surface area contributed by atoms with Crippen molar-refractivity contribution in [1.82, 2.24) is 0 Å². The standard InChI is InChI=1S/C13H15BrN2O2/c1-8(2)12(13(17)18-3)16-11-5-9(7-15)4-10(14)6-11/h4-6,8,12,16H,1-3H3. The van der Waals surface area contributed by atoms with E-state index in [1.165, 1.54) is 7.11 Å². The molecule has 1 atom stereocenters. The van der Waals surface area contributed by atoms with Crippen molar-refractivity contribution in [3.05, 3.63) is 28.2 Å². The molecule has 1 aromatic rings. The van der Waals surface area contributed by atoms with Gasteiger partial charge in [0.1, 0.15) is 6.04 Å². The first-order valence-electron chi connectivity index (χ1n) is 5.53. The topological polar surface area (TPSA) is 62.1 Å². The molecule has 0 aliphatic carbocycles. The molecule has 0 aliphatic heterocycles. The van der Waals surface area contributed by atoms with Crippen molar-refractivity contribution in [1.29, 1.82) is 5.26 Å². The van der Waals surface area contributed by atoms with Crippen LogP contribution in [0.25, 0.3) is 0 Å². The second-order valence-electron chi connectivity index (χ2n) is 4.23.